The Morgan fingerprint density at radius 3 is 2.82 bits per heavy atom. The Hall–Kier alpha value is -1.44. The fraction of sp³-hybridized carbons (Fsp3) is 0.400. The summed E-state index contributed by atoms with van der Waals surface area (Å²) < 4.78 is 4.59. The molecular weight excluding hydrogens is 246 g/mol. The first-order valence-electron chi connectivity index (χ1n) is 4.86. The largest absolute Gasteiger partial charge is 0.480 e. The van der Waals surface area contributed by atoms with Crippen molar-refractivity contribution < 1.29 is 24.5 Å². The van der Waals surface area contributed by atoms with Crippen LogP contribution in [0.5, 0.6) is 0 Å². The third-order valence-electron chi connectivity index (χ3n) is 1.88. The standard InChI is InChI=1S/C10H13NO5S/c12-8(7-1-2-17-6-7)3-11-9(13)4-16-5-10(14)15/h1-2,6,8,12H,3-5H2,(H,11,13)(H,14,15). The molecule has 0 aliphatic rings. The Morgan fingerprint density at radius 2 is 2.24 bits per heavy atom. The topological polar surface area (TPSA) is 95.9 Å². The molecule has 1 aromatic rings. The number of amides is 1. The van der Waals surface area contributed by atoms with Crippen molar-refractivity contribution in [3.63, 3.8) is 0 Å². The van der Waals surface area contributed by atoms with Crippen LogP contribution in [0.15, 0.2) is 16.8 Å². The lowest BCUT2D eigenvalue weighted by Crippen LogP contribution is -2.32. The van der Waals surface area contributed by atoms with Gasteiger partial charge in [0.05, 0.1) is 6.10 Å². The number of nitrogens with one attached hydrogen (secondary N) is 1. The van der Waals surface area contributed by atoms with E-state index in [1.165, 1.54) is 11.3 Å². The van der Waals surface area contributed by atoms with Crippen LogP contribution in [0.4, 0.5) is 0 Å². The van der Waals surface area contributed by atoms with Gasteiger partial charge in [-0.15, -0.1) is 0 Å². The van der Waals surface area contributed by atoms with E-state index in [2.05, 4.69) is 10.1 Å². The third-order valence-corrected chi connectivity index (χ3v) is 2.58. The monoisotopic (exact) mass is 259 g/mol. The van der Waals surface area contributed by atoms with Crippen LogP contribution in [0.3, 0.4) is 0 Å². The average Bonchev–Trinajstić information content (AvgIpc) is 2.78. The molecule has 7 heteroatoms. The molecule has 1 heterocycles. The van der Waals surface area contributed by atoms with Crippen LogP contribution in [0.25, 0.3) is 0 Å². The number of thiophene rings is 1. The van der Waals surface area contributed by atoms with Gasteiger partial charge in [0.25, 0.3) is 0 Å². The lowest BCUT2D eigenvalue weighted by molar-refractivity contribution is -0.143. The van der Waals surface area contributed by atoms with E-state index in [-0.39, 0.29) is 13.2 Å². The van der Waals surface area contributed by atoms with Gasteiger partial charge in [0.1, 0.15) is 13.2 Å². The van der Waals surface area contributed by atoms with Crippen LogP contribution >= 0.6 is 11.3 Å². The highest BCUT2D eigenvalue weighted by atomic mass is 32.1. The number of aliphatic hydroxyl groups excluding tert-OH is 1. The Kier molecular flexibility index (Phi) is 5.61. The second kappa shape index (κ2) is 7.00. The fourth-order valence-electron chi connectivity index (χ4n) is 1.08. The lowest BCUT2D eigenvalue weighted by Gasteiger charge is -2.10. The maximum atomic E-state index is 11.2. The highest BCUT2D eigenvalue weighted by Gasteiger charge is 2.10. The normalized spacial score (nSPS) is 12.1. The second-order valence-electron chi connectivity index (χ2n) is 3.26. The fourth-order valence-corrected chi connectivity index (χ4v) is 1.78. The molecule has 0 spiro atoms. The Morgan fingerprint density at radius 1 is 1.47 bits per heavy atom. The van der Waals surface area contributed by atoms with Gasteiger partial charge in [-0.2, -0.15) is 11.3 Å². The van der Waals surface area contributed by atoms with Gasteiger partial charge in [-0.05, 0) is 22.4 Å². The molecule has 0 fully saturated rings. The quantitative estimate of drug-likeness (QED) is 0.640. The van der Waals surface area contributed by atoms with Gasteiger partial charge in [0.15, 0.2) is 0 Å². The number of carbonyl (C=O) groups excluding carboxylic acids is 1. The number of rotatable bonds is 7. The van der Waals surface area contributed by atoms with Gasteiger partial charge >= 0.3 is 5.97 Å². The van der Waals surface area contributed by atoms with E-state index >= 15 is 0 Å². The van der Waals surface area contributed by atoms with Gasteiger partial charge in [0.2, 0.25) is 5.91 Å². The molecule has 94 valence electrons. The number of carboxylic acids is 1. The number of carbonyl (C=O) groups is 2. The van der Waals surface area contributed by atoms with E-state index in [0.717, 1.165) is 5.56 Å². The van der Waals surface area contributed by atoms with Gasteiger partial charge in [-0.25, -0.2) is 4.79 Å². The molecule has 0 aliphatic carbocycles. The maximum Gasteiger partial charge on any atom is 0.329 e. The summed E-state index contributed by atoms with van der Waals surface area (Å²) in [5.41, 5.74) is 0.738. The van der Waals surface area contributed by atoms with Crippen LogP contribution in [0, 0.1) is 0 Å². The van der Waals surface area contributed by atoms with Crippen LogP contribution < -0.4 is 5.32 Å². The SMILES string of the molecule is O=C(O)COCC(=O)NCC(O)c1ccsc1. The summed E-state index contributed by atoms with van der Waals surface area (Å²) >= 11 is 1.46. The highest BCUT2D eigenvalue weighted by Crippen LogP contribution is 2.14. The predicted molar refractivity (Wildman–Crippen MR) is 60.7 cm³/mol. The molecule has 17 heavy (non-hydrogen) atoms. The van der Waals surface area contributed by atoms with Crippen molar-refractivity contribution in [2.45, 2.75) is 6.10 Å². The molecule has 1 unspecified atom stereocenters. The summed E-state index contributed by atoms with van der Waals surface area (Å²) in [7, 11) is 0. The summed E-state index contributed by atoms with van der Waals surface area (Å²) in [6, 6.07) is 1.77. The smallest absolute Gasteiger partial charge is 0.329 e. The summed E-state index contributed by atoms with van der Waals surface area (Å²) in [4.78, 5) is 21.3. The molecule has 1 aromatic heterocycles. The van der Waals surface area contributed by atoms with Crippen molar-refractivity contribution >= 4 is 23.2 Å². The lowest BCUT2D eigenvalue weighted by atomic mass is 10.2. The zero-order chi connectivity index (χ0) is 12.7. The first kappa shape index (κ1) is 13.6. The molecule has 0 saturated heterocycles. The summed E-state index contributed by atoms with van der Waals surface area (Å²) in [5.74, 6) is -1.59. The van der Waals surface area contributed by atoms with Crippen LogP contribution in [-0.4, -0.2) is 41.8 Å². The van der Waals surface area contributed by atoms with Gasteiger partial charge in [-0.3, -0.25) is 4.79 Å². The Bertz CT molecular complexity index is 365. The zero-order valence-corrected chi connectivity index (χ0v) is 9.77. The van der Waals surface area contributed by atoms with Gasteiger partial charge in [-0.1, -0.05) is 0 Å². The number of carboxylic acid groups (broad SMARTS) is 1. The van der Waals surface area contributed by atoms with Crippen molar-refractivity contribution in [1.82, 2.24) is 5.32 Å². The minimum absolute atomic E-state index is 0.0754. The van der Waals surface area contributed by atoms with Crippen molar-refractivity contribution in [1.29, 1.82) is 0 Å². The molecular formula is C10H13NO5S. The van der Waals surface area contributed by atoms with E-state index in [0.29, 0.717) is 0 Å². The number of hydrogen-bond acceptors (Lipinski definition) is 5. The van der Waals surface area contributed by atoms with E-state index in [4.69, 9.17) is 5.11 Å². The summed E-state index contributed by atoms with van der Waals surface area (Å²) in [5, 5.41) is 24.0. The minimum Gasteiger partial charge on any atom is -0.480 e. The Balaban J connectivity index is 2.17. The average molecular weight is 259 g/mol. The molecule has 1 rings (SSSR count). The molecule has 0 saturated carbocycles. The first-order chi connectivity index (χ1) is 8.09. The minimum atomic E-state index is -1.13. The Labute approximate surface area is 102 Å². The molecule has 0 aromatic carbocycles. The highest BCUT2D eigenvalue weighted by molar-refractivity contribution is 7.07. The van der Waals surface area contributed by atoms with Crippen molar-refractivity contribution in [2.24, 2.45) is 0 Å². The summed E-state index contributed by atoms with van der Waals surface area (Å²) in [6.07, 6.45) is -0.760. The van der Waals surface area contributed by atoms with Crippen LogP contribution in [-0.2, 0) is 14.3 Å². The summed E-state index contributed by atoms with van der Waals surface area (Å²) in [6.45, 7) is -0.769. The molecule has 0 radical (unpaired) electrons. The predicted octanol–water partition coefficient (Wildman–Crippen LogP) is -0.00110. The maximum absolute atomic E-state index is 11.2. The van der Waals surface area contributed by atoms with Crippen molar-refractivity contribution in [2.75, 3.05) is 19.8 Å². The molecule has 0 aliphatic heterocycles. The second-order valence-corrected chi connectivity index (χ2v) is 4.04. The molecule has 3 N–H and O–H groups in total. The molecule has 6 nitrogen and oxygen atoms in total. The molecule has 0 bridgehead atoms. The molecule has 1 atom stereocenters. The number of aliphatic hydroxyl groups is 1. The number of ether oxygens (including phenoxy) is 1. The molecule has 1 amide bonds. The van der Waals surface area contributed by atoms with E-state index in [1.807, 2.05) is 5.38 Å². The van der Waals surface area contributed by atoms with E-state index in [9.17, 15) is 14.7 Å². The van der Waals surface area contributed by atoms with Gasteiger partial charge in [0, 0.05) is 6.54 Å². The first-order valence-corrected chi connectivity index (χ1v) is 5.80. The van der Waals surface area contributed by atoms with Gasteiger partial charge < -0.3 is 20.3 Å². The zero-order valence-electron chi connectivity index (χ0n) is 8.96. The van der Waals surface area contributed by atoms with Crippen LogP contribution in [0.2, 0.25) is 0 Å². The third kappa shape index (κ3) is 5.43. The number of aliphatic carboxylic acids is 1. The van der Waals surface area contributed by atoms with E-state index < -0.39 is 24.6 Å². The van der Waals surface area contributed by atoms with Crippen LogP contribution in [0.1, 0.15) is 11.7 Å². The van der Waals surface area contributed by atoms with E-state index in [1.54, 1.807) is 11.4 Å². The van der Waals surface area contributed by atoms with Crippen molar-refractivity contribution in [3.05, 3.63) is 22.4 Å². The number of hydrogen-bond donors (Lipinski definition) is 3. The van der Waals surface area contributed by atoms with Crippen molar-refractivity contribution in [3.8, 4) is 0 Å².